The number of hydrogen-bond donors (Lipinski definition) is 3. The van der Waals surface area contributed by atoms with Crippen LogP contribution in [0.3, 0.4) is 0 Å². The van der Waals surface area contributed by atoms with Crippen LogP contribution in [0.4, 0.5) is 0 Å². The minimum absolute atomic E-state index is 0.0573. The van der Waals surface area contributed by atoms with E-state index in [0.29, 0.717) is 64.1 Å². The van der Waals surface area contributed by atoms with E-state index in [9.17, 15) is 15.2 Å². The quantitative estimate of drug-likeness (QED) is 0.191. The number of nitrogens with zero attached hydrogens (tertiary/aromatic N) is 3. The van der Waals surface area contributed by atoms with Gasteiger partial charge in [-0.3, -0.25) is 19.9 Å². The number of phenols is 1. The number of esters is 2. The van der Waals surface area contributed by atoms with Gasteiger partial charge in [0.25, 0.3) is 0 Å². The van der Waals surface area contributed by atoms with Gasteiger partial charge in [0.1, 0.15) is 29.7 Å². The van der Waals surface area contributed by atoms with Crippen LogP contribution in [0.25, 0.3) is 11.0 Å². The number of nitrogens with one attached hydrogen (secondary N) is 1. The van der Waals surface area contributed by atoms with E-state index in [1.165, 1.54) is 6.92 Å². The van der Waals surface area contributed by atoms with Crippen LogP contribution in [0, 0.1) is 25.2 Å². The lowest BCUT2D eigenvalue weighted by Crippen LogP contribution is -2.69. The van der Waals surface area contributed by atoms with Crippen molar-refractivity contribution >= 4 is 34.7 Å². The van der Waals surface area contributed by atoms with E-state index in [1.807, 2.05) is 45.2 Å². The first-order valence-electron chi connectivity index (χ1n) is 19.7. The van der Waals surface area contributed by atoms with Crippen molar-refractivity contribution in [3.05, 3.63) is 75.0 Å². The number of nitrogens with two attached hydrogens (primary N) is 1. The van der Waals surface area contributed by atoms with Crippen LogP contribution in [0.2, 0.25) is 0 Å². The minimum Gasteiger partial charge on any atom is -0.504 e. The van der Waals surface area contributed by atoms with Crippen LogP contribution in [0.1, 0.15) is 75.4 Å². The molecule has 1 unspecified atom stereocenters. The number of para-hydroxylation sites is 1. The van der Waals surface area contributed by atoms with Gasteiger partial charge in [-0.05, 0) is 63.1 Å². The lowest BCUT2D eigenvalue weighted by atomic mass is 9.71. The number of thioether (sulfide) groups is 1. The molecule has 1 spiro atoms. The molecule has 0 saturated carbocycles. The summed E-state index contributed by atoms with van der Waals surface area (Å²) in [6, 6.07) is 9.56. The number of aryl methyl sites for hydroxylation is 1. The number of hydrogen-bond acceptors (Lipinski definition) is 15. The summed E-state index contributed by atoms with van der Waals surface area (Å²) in [5.41, 5.74) is 11.0. The molecule has 4 bridgehead atoms. The molecule has 0 radical (unpaired) electrons. The zero-order valence-corrected chi connectivity index (χ0v) is 33.7. The largest absolute Gasteiger partial charge is 0.504 e. The Morgan fingerprint density at radius 2 is 1.93 bits per heavy atom. The van der Waals surface area contributed by atoms with E-state index in [-0.39, 0.29) is 44.2 Å². The molecule has 14 nitrogen and oxygen atoms in total. The number of carbonyl (C=O) groups excluding carboxylic acids is 2. The topological polar surface area (TPSA) is 182 Å². The molecule has 7 aliphatic heterocycles. The molecule has 8 atom stereocenters. The highest BCUT2D eigenvalue weighted by Gasteiger charge is 2.61. The van der Waals surface area contributed by atoms with Gasteiger partial charge in [-0.2, -0.15) is 17.0 Å². The van der Waals surface area contributed by atoms with Gasteiger partial charge in [0.2, 0.25) is 6.79 Å². The molecule has 1 aromatic heterocycles. The zero-order valence-electron chi connectivity index (χ0n) is 32.9. The highest BCUT2D eigenvalue weighted by atomic mass is 32.2. The Bertz CT molecular complexity index is 2460. The van der Waals surface area contributed by atoms with Crippen molar-refractivity contribution in [3.63, 3.8) is 0 Å². The second-order valence-corrected chi connectivity index (χ2v) is 17.5. The second-order valence-electron chi connectivity index (χ2n) is 16.2. The first-order chi connectivity index (χ1) is 28.0. The van der Waals surface area contributed by atoms with E-state index < -0.39 is 46.9 Å². The van der Waals surface area contributed by atoms with E-state index in [4.69, 9.17) is 33.8 Å². The van der Waals surface area contributed by atoms with E-state index in [1.54, 1.807) is 18.9 Å². The van der Waals surface area contributed by atoms with E-state index in [0.717, 1.165) is 33.2 Å². The fourth-order valence-corrected chi connectivity index (χ4v) is 12.6. The number of methoxy groups -OCH3 is 1. The maximum Gasteiger partial charge on any atom is 0.334 e. The molecule has 0 aliphatic carbocycles. The highest BCUT2D eigenvalue weighted by molar-refractivity contribution is 7.99. The van der Waals surface area contributed by atoms with Crippen LogP contribution < -0.4 is 30.0 Å². The Kier molecular flexibility index (Phi) is 8.70. The van der Waals surface area contributed by atoms with Crippen LogP contribution in [-0.4, -0.2) is 90.9 Å². The molecule has 8 heterocycles. The number of likely N-dealkylation sites (N-methyl/N-ethyl adjacent to an activating group) is 1. The molecule has 3 aromatic carbocycles. The first-order valence-corrected chi connectivity index (χ1v) is 20.8. The summed E-state index contributed by atoms with van der Waals surface area (Å²) in [5.74, 6) is 1.62. The third-order valence-electron chi connectivity index (χ3n) is 13.3. The van der Waals surface area contributed by atoms with Crippen molar-refractivity contribution in [2.24, 2.45) is 5.73 Å². The van der Waals surface area contributed by atoms with Crippen molar-refractivity contribution in [1.29, 1.82) is 5.26 Å². The molecule has 2 saturated heterocycles. The fraction of sp³-hybridized carbons (Fsp3) is 0.465. The van der Waals surface area contributed by atoms with Gasteiger partial charge in [0, 0.05) is 64.8 Å². The smallest absolute Gasteiger partial charge is 0.334 e. The molecular formula is C43H45N5O9S. The number of piperazine rings is 1. The monoisotopic (exact) mass is 807 g/mol. The van der Waals surface area contributed by atoms with Gasteiger partial charge in [0.05, 0.1) is 30.5 Å². The maximum atomic E-state index is 15.1. The van der Waals surface area contributed by atoms with Crippen LogP contribution in [-0.2, 0) is 32.7 Å². The number of ether oxygens (including phenoxy) is 5. The average molecular weight is 808 g/mol. The Hall–Kier alpha value is -4.98. The highest BCUT2D eigenvalue weighted by Crippen LogP contribution is 2.64. The summed E-state index contributed by atoms with van der Waals surface area (Å²) in [5, 5.41) is 27.4. The van der Waals surface area contributed by atoms with Gasteiger partial charge < -0.3 is 38.9 Å². The van der Waals surface area contributed by atoms with Gasteiger partial charge in [0.15, 0.2) is 28.5 Å². The van der Waals surface area contributed by atoms with Crippen molar-refractivity contribution in [2.45, 2.75) is 87.1 Å². The van der Waals surface area contributed by atoms with Crippen molar-refractivity contribution < 1.29 is 42.8 Å². The second kappa shape index (κ2) is 13.5. The Morgan fingerprint density at radius 1 is 1.14 bits per heavy atom. The third kappa shape index (κ3) is 5.05. The number of rotatable bonds is 3. The predicted molar refractivity (Wildman–Crippen MR) is 212 cm³/mol. The summed E-state index contributed by atoms with van der Waals surface area (Å²) in [7, 11) is 3.55. The number of fused-ring (bicyclic) bond motifs is 12. The number of phenolic OH excluding ortho intramolecular Hbond substituents is 1. The van der Waals surface area contributed by atoms with E-state index in [2.05, 4.69) is 27.3 Å². The number of carbonyl (C=O) groups is 2. The standard InChI is InChI=1S/C43H45N5O9S/c1-19-12-22-13-26-27(16-45)48-28-17-53-42(51)43(41-25(14-23(15-44)46-43)24-8-6-7-9-29(24)57-41)10-11-58-40(34(48)33(47(26)4)30(22)35(50)36(19)52-5)32-31(28)39-38(54-18-55-39)20(2)37(32)56-21(3)49/h6-9,12,23,26-28,33-34,40,46,50H,10-11,13-15,17-18,44H2,1-5H3/t23-,26+,27-,28+,33-,34-,40?,43+/m0/s1. The van der Waals surface area contributed by atoms with Crippen LogP contribution >= 0.6 is 11.8 Å². The normalized spacial score (nSPS) is 29.7. The lowest BCUT2D eigenvalue weighted by molar-refractivity contribution is -0.159. The minimum atomic E-state index is -1.38. The summed E-state index contributed by atoms with van der Waals surface area (Å²) >= 11 is 1.60. The third-order valence-corrected chi connectivity index (χ3v) is 14.6. The first kappa shape index (κ1) is 37.3. The molecule has 2 fully saturated rings. The maximum absolute atomic E-state index is 15.1. The van der Waals surface area contributed by atoms with Gasteiger partial charge >= 0.3 is 11.9 Å². The Labute approximate surface area is 339 Å². The molecule has 11 rings (SSSR count). The van der Waals surface area contributed by atoms with Crippen LogP contribution in [0.5, 0.6) is 28.7 Å². The lowest BCUT2D eigenvalue weighted by Gasteiger charge is -2.61. The molecule has 4 N–H and O–H groups in total. The number of furan rings is 1. The molecule has 15 heteroatoms. The zero-order chi connectivity index (χ0) is 40.4. The molecule has 4 aromatic rings. The molecule has 0 amide bonds. The van der Waals surface area contributed by atoms with Gasteiger partial charge in [-0.1, -0.05) is 24.3 Å². The molecule has 58 heavy (non-hydrogen) atoms. The summed E-state index contributed by atoms with van der Waals surface area (Å²) < 4.78 is 37.5. The average Bonchev–Trinajstić information content (AvgIpc) is 3.84. The molecular weight excluding hydrogens is 763 g/mol. The number of aromatic hydroxyl groups is 1. The molecule has 302 valence electrons. The SMILES string of the molecule is COc1c(C)cc2c(c1O)[C@H]1[C@H]3C4SCC[C@]5(N[C@H](CN)Cc6c5oc5ccccc65)C(=O)OC[C@H](c5c6c(c(C)c(OC(C)=O)c54)OCO6)N3[C@@H](C#N)[C@@H](C2)N1C. The van der Waals surface area contributed by atoms with Crippen molar-refractivity contribution in [3.8, 4) is 34.8 Å². The predicted octanol–water partition coefficient (Wildman–Crippen LogP) is 4.74. The number of nitriles is 1. The van der Waals surface area contributed by atoms with E-state index >= 15 is 4.79 Å². The summed E-state index contributed by atoms with van der Waals surface area (Å²) in [4.78, 5) is 32.5. The Balaban J connectivity index is 1.23. The Morgan fingerprint density at radius 3 is 2.69 bits per heavy atom. The van der Waals surface area contributed by atoms with Crippen molar-refractivity contribution in [2.75, 3.05) is 39.9 Å². The van der Waals surface area contributed by atoms with Gasteiger partial charge in [-0.25, -0.2) is 4.79 Å². The summed E-state index contributed by atoms with van der Waals surface area (Å²) in [6.07, 6.45) is 1.35. The molecule has 7 aliphatic rings. The van der Waals surface area contributed by atoms with Gasteiger partial charge in [-0.15, -0.1) is 0 Å². The fourth-order valence-electron chi connectivity index (χ4n) is 11.0. The summed E-state index contributed by atoms with van der Waals surface area (Å²) in [6.45, 7) is 5.17. The van der Waals surface area contributed by atoms with Crippen molar-refractivity contribution in [1.82, 2.24) is 15.1 Å². The number of benzene rings is 3. The van der Waals surface area contributed by atoms with Crippen LogP contribution in [0.15, 0.2) is 34.7 Å².